The number of nitrogens with zero attached hydrogens (tertiary/aromatic N) is 2. The molecule has 1 atom stereocenters. The number of rotatable bonds is 3. The van der Waals surface area contributed by atoms with Crippen molar-refractivity contribution in [2.45, 2.75) is 19.4 Å². The first-order valence-corrected chi connectivity index (χ1v) is 6.05. The minimum atomic E-state index is -0.338. The molecule has 0 spiro atoms. The Morgan fingerprint density at radius 3 is 2.78 bits per heavy atom. The van der Waals surface area contributed by atoms with E-state index in [2.05, 4.69) is 5.10 Å². The molecule has 96 valence electrons. The van der Waals surface area contributed by atoms with E-state index >= 15 is 0 Å². The van der Waals surface area contributed by atoms with Crippen molar-refractivity contribution in [1.29, 1.82) is 0 Å². The molecule has 0 aliphatic rings. The van der Waals surface area contributed by atoms with E-state index in [-0.39, 0.29) is 11.9 Å². The Morgan fingerprint density at radius 2 is 2.22 bits per heavy atom. The van der Waals surface area contributed by atoms with Crippen molar-refractivity contribution in [3.05, 3.63) is 52.1 Å². The second-order valence-corrected chi connectivity index (χ2v) is 4.76. The van der Waals surface area contributed by atoms with Gasteiger partial charge in [0.2, 0.25) is 0 Å². The smallest absolute Gasteiger partial charge is 0.124 e. The van der Waals surface area contributed by atoms with Crippen molar-refractivity contribution < 1.29 is 4.39 Å². The minimum Gasteiger partial charge on any atom is -0.324 e. The van der Waals surface area contributed by atoms with Crippen LogP contribution in [-0.4, -0.2) is 9.78 Å². The molecule has 2 N–H and O–H groups in total. The van der Waals surface area contributed by atoms with E-state index in [9.17, 15) is 4.39 Å². The normalized spacial score (nSPS) is 12.7. The number of benzene rings is 1. The number of hydrogen-bond acceptors (Lipinski definition) is 2. The highest BCUT2D eigenvalue weighted by Gasteiger charge is 2.14. The third kappa shape index (κ3) is 2.54. The summed E-state index contributed by atoms with van der Waals surface area (Å²) in [7, 11) is 1.87. The van der Waals surface area contributed by atoms with Crippen molar-refractivity contribution in [3.8, 4) is 0 Å². The van der Waals surface area contributed by atoms with Crippen LogP contribution in [-0.2, 0) is 13.5 Å². The molecule has 0 aliphatic carbocycles. The second kappa shape index (κ2) is 5.08. The lowest BCUT2D eigenvalue weighted by molar-refractivity contribution is 0.625. The van der Waals surface area contributed by atoms with E-state index in [4.69, 9.17) is 17.3 Å². The van der Waals surface area contributed by atoms with E-state index in [1.54, 1.807) is 16.9 Å². The fraction of sp³-hybridized carbons (Fsp3) is 0.308. The van der Waals surface area contributed by atoms with Crippen LogP contribution in [0.1, 0.15) is 22.9 Å². The van der Waals surface area contributed by atoms with Crippen LogP contribution in [0.15, 0.2) is 24.4 Å². The SMILES string of the molecule is Cc1c(C(N)Cc2ccc(F)cc2Cl)cnn1C. The average Bonchev–Trinajstić information content (AvgIpc) is 2.64. The molecule has 0 amide bonds. The topological polar surface area (TPSA) is 43.8 Å². The van der Waals surface area contributed by atoms with Crippen LogP contribution < -0.4 is 5.73 Å². The van der Waals surface area contributed by atoms with Gasteiger partial charge in [-0.3, -0.25) is 4.68 Å². The maximum atomic E-state index is 12.9. The summed E-state index contributed by atoms with van der Waals surface area (Å²) in [6.07, 6.45) is 2.32. The molecule has 5 heteroatoms. The number of nitrogens with two attached hydrogens (primary N) is 1. The van der Waals surface area contributed by atoms with Crippen molar-refractivity contribution in [3.63, 3.8) is 0 Å². The Hall–Kier alpha value is -1.39. The molecule has 0 aliphatic heterocycles. The van der Waals surface area contributed by atoms with Gasteiger partial charge in [-0.15, -0.1) is 0 Å². The van der Waals surface area contributed by atoms with E-state index in [0.717, 1.165) is 16.8 Å². The van der Waals surface area contributed by atoms with Gasteiger partial charge in [-0.1, -0.05) is 17.7 Å². The molecule has 1 aromatic carbocycles. The Morgan fingerprint density at radius 1 is 1.50 bits per heavy atom. The summed E-state index contributed by atoms with van der Waals surface area (Å²) in [4.78, 5) is 0. The Kier molecular flexibility index (Phi) is 3.68. The van der Waals surface area contributed by atoms with Crippen LogP contribution in [0.2, 0.25) is 5.02 Å². The lowest BCUT2D eigenvalue weighted by Gasteiger charge is -2.12. The largest absolute Gasteiger partial charge is 0.324 e. The lowest BCUT2D eigenvalue weighted by atomic mass is 10.0. The zero-order valence-electron chi connectivity index (χ0n) is 10.3. The van der Waals surface area contributed by atoms with Gasteiger partial charge in [-0.2, -0.15) is 5.10 Å². The van der Waals surface area contributed by atoms with Crippen LogP contribution in [0.3, 0.4) is 0 Å². The molecule has 0 bridgehead atoms. The summed E-state index contributed by atoms with van der Waals surface area (Å²) < 4.78 is 14.7. The van der Waals surface area contributed by atoms with Crippen LogP contribution in [0, 0.1) is 12.7 Å². The summed E-state index contributed by atoms with van der Waals surface area (Å²) in [5.74, 6) is -0.338. The molecular formula is C13H15ClFN3. The molecule has 3 nitrogen and oxygen atoms in total. The molecule has 18 heavy (non-hydrogen) atoms. The van der Waals surface area contributed by atoms with Crippen LogP contribution in [0.5, 0.6) is 0 Å². The first kappa shape index (κ1) is 13.1. The van der Waals surface area contributed by atoms with Crippen molar-refractivity contribution in [1.82, 2.24) is 9.78 Å². The Balaban J connectivity index is 2.21. The lowest BCUT2D eigenvalue weighted by Crippen LogP contribution is -2.14. The van der Waals surface area contributed by atoms with E-state index in [0.29, 0.717) is 11.4 Å². The summed E-state index contributed by atoms with van der Waals surface area (Å²) in [5, 5.41) is 4.57. The standard InChI is InChI=1S/C13H15ClFN3/c1-8-11(7-17-18(8)2)13(16)5-9-3-4-10(15)6-12(9)14/h3-4,6-7,13H,5,16H2,1-2H3. The van der Waals surface area contributed by atoms with E-state index in [1.165, 1.54) is 12.1 Å². The predicted molar refractivity (Wildman–Crippen MR) is 70.0 cm³/mol. The molecule has 0 fully saturated rings. The van der Waals surface area contributed by atoms with Crippen LogP contribution in [0.25, 0.3) is 0 Å². The van der Waals surface area contributed by atoms with Gasteiger partial charge >= 0.3 is 0 Å². The summed E-state index contributed by atoms with van der Waals surface area (Å²) >= 11 is 5.99. The van der Waals surface area contributed by atoms with Crippen LogP contribution in [0.4, 0.5) is 4.39 Å². The van der Waals surface area contributed by atoms with Gasteiger partial charge in [0.15, 0.2) is 0 Å². The molecule has 1 heterocycles. The Labute approximate surface area is 110 Å². The van der Waals surface area contributed by atoms with Gasteiger partial charge in [0.05, 0.1) is 6.20 Å². The fourth-order valence-corrected chi connectivity index (χ4v) is 2.16. The zero-order chi connectivity index (χ0) is 13.3. The third-order valence-electron chi connectivity index (χ3n) is 3.13. The molecule has 2 rings (SSSR count). The van der Waals surface area contributed by atoms with E-state index in [1.807, 2.05) is 14.0 Å². The summed E-state index contributed by atoms with van der Waals surface area (Å²) in [5.41, 5.74) is 9.00. The maximum absolute atomic E-state index is 12.9. The van der Waals surface area contributed by atoms with Crippen molar-refractivity contribution >= 4 is 11.6 Å². The highest BCUT2D eigenvalue weighted by molar-refractivity contribution is 6.31. The van der Waals surface area contributed by atoms with Crippen LogP contribution >= 0.6 is 11.6 Å². The van der Waals surface area contributed by atoms with Gasteiger partial charge in [0.1, 0.15) is 5.82 Å². The number of hydrogen-bond donors (Lipinski definition) is 1. The van der Waals surface area contributed by atoms with Crippen molar-refractivity contribution in [2.75, 3.05) is 0 Å². The number of aryl methyl sites for hydroxylation is 1. The van der Waals surface area contributed by atoms with Gasteiger partial charge in [0, 0.05) is 29.4 Å². The average molecular weight is 268 g/mol. The molecular weight excluding hydrogens is 253 g/mol. The molecule has 2 aromatic rings. The fourth-order valence-electron chi connectivity index (χ4n) is 1.91. The molecule has 1 aromatic heterocycles. The highest BCUT2D eigenvalue weighted by Crippen LogP contribution is 2.24. The quantitative estimate of drug-likeness (QED) is 0.929. The summed E-state index contributed by atoms with van der Waals surface area (Å²) in [6.45, 7) is 1.97. The number of halogens is 2. The Bertz CT molecular complexity index is 565. The van der Waals surface area contributed by atoms with E-state index < -0.39 is 0 Å². The zero-order valence-corrected chi connectivity index (χ0v) is 11.1. The number of aromatic nitrogens is 2. The first-order valence-electron chi connectivity index (χ1n) is 5.67. The van der Waals surface area contributed by atoms with Gasteiger partial charge in [-0.05, 0) is 31.0 Å². The molecule has 0 radical (unpaired) electrons. The van der Waals surface area contributed by atoms with Gasteiger partial charge < -0.3 is 5.73 Å². The predicted octanol–water partition coefficient (Wildman–Crippen LogP) is 2.76. The molecule has 1 unspecified atom stereocenters. The van der Waals surface area contributed by atoms with Gasteiger partial charge in [-0.25, -0.2) is 4.39 Å². The monoisotopic (exact) mass is 267 g/mol. The third-order valence-corrected chi connectivity index (χ3v) is 3.48. The first-order chi connectivity index (χ1) is 8.49. The molecule has 0 saturated heterocycles. The highest BCUT2D eigenvalue weighted by atomic mass is 35.5. The van der Waals surface area contributed by atoms with Gasteiger partial charge in [0.25, 0.3) is 0 Å². The van der Waals surface area contributed by atoms with Crippen molar-refractivity contribution in [2.24, 2.45) is 12.8 Å². The minimum absolute atomic E-state index is 0.193. The maximum Gasteiger partial charge on any atom is 0.124 e. The second-order valence-electron chi connectivity index (χ2n) is 4.36. The molecule has 0 saturated carbocycles. The summed E-state index contributed by atoms with van der Waals surface area (Å²) in [6, 6.07) is 4.18.